The Kier molecular flexibility index (Phi) is 2.66. The molecular weight excluding hydrogens is 392 g/mol. The fourth-order valence-corrected chi connectivity index (χ4v) is 8.54. The first-order valence-corrected chi connectivity index (χ1v) is 7.63. The third-order valence-electron chi connectivity index (χ3n) is 4.85. The maximum absolute atomic E-state index is 11.4. The lowest BCUT2D eigenvalue weighted by molar-refractivity contribution is -0.334. The summed E-state index contributed by atoms with van der Waals surface area (Å²) in [6.07, 6.45) is 1.61. The van der Waals surface area contributed by atoms with Crippen LogP contribution in [0.4, 0.5) is 0 Å². The van der Waals surface area contributed by atoms with Crippen molar-refractivity contribution in [3.05, 3.63) is 0 Å². The highest BCUT2D eigenvalue weighted by atomic mass is 79.9. The monoisotopic (exact) mass is 401 g/mol. The fraction of sp³-hybridized carbons (Fsp3) is 0.900. The van der Waals surface area contributed by atoms with Crippen LogP contribution in [0.25, 0.3) is 0 Å². The highest BCUT2D eigenvalue weighted by Crippen LogP contribution is 2.82. The Balaban J connectivity index is 2.50. The van der Waals surface area contributed by atoms with Crippen LogP contribution < -0.4 is 5.11 Å². The van der Waals surface area contributed by atoms with Crippen molar-refractivity contribution in [1.82, 2.24) is 0 Å². The molecule has 0 heterocycles. The minimum atomic E-state index is -0.914. The molecule has 0 aromatic heterocycles. The number of carbonyl (C=O) groups is 1. The molecule has 0 saturated heterocycles. The molecule has 2 nitrogen and oxygen atoms in total. The van der Waals surface area contributed by atoms with Crippen molar-refractivity contribution in [3.63, 3.8) is 0 Å². The molecular formula is C10H12Br3O2-. The predicted octanol–water partition coefficient (Wildman–Crippen LogP) is 2.42. The van der Waals surface area contributed by atoms with Crippen LogP contribution in [-0.2, 0) is 4.79 Å². The van der Waals surface area contributed by atoms with Crippen molar-refractivity contribution < 1.29 is 9.90 Å². The topological polar surface area (TPSA) is 40.1 Å². The molecule has 86 valence electrons. The third kappa shape index (κ3) is 0.998. The number of fused-ring (bicyclic) bond motifs is 1. The highest BCUT2D eigenvalue weighted by molar-refractivity contribution is 9.24. The first kappa shape index (κ1) is 12.4. The fourth-order valence-electron chi connectivity index (χ4n) is 3.65. The molecule has 0 amide bonds. The molecule has 15 heavy (non-hydrogen) atoms. The van der Waals surface area contributed by atoms with Crippen LogP contribution in [0.1, 0.15) is 26.7 Å². The zero-order chi connectivity index (χ0) is 11.6. The average molecular weight is 404 g/mol. The van der Waals surface area contributed by atoms with E-state index in [2.05, 4.69) is 47.8 Å². The van der Waals surface area contributed by atoms with Crippen molar-refractivity contribution in [3.8, 4) is 0 Å². The maximum Gasteiger partial charge on any atom is 0.0770 e. The van der Waals surface area contributed by atoms with E-state index in [1.807, 2.05) is 13.8 Å². The molecule has 0 radical (unpaired) electrons. The SMILES string of the molecule is CC1(C)[C@]2(C(Br)Br)CC[C@@]1(C(=O)[O-])[C@H]2Br. The molecule has 0 N–H and O–H groups in total. The van der Waals surface area contributed by atoms with Crippen LogP contribution >= 0.6 is 47.8 Å². The zero-order valence-electron chi connectivity index (χ0n) is 8.52. The van der Waals surface area contributed by atoms with Crippen molar-refractivity contribution in [2.24, 2.45) is 16.2 Å². The van der Waals surface area contributed by atoms with Crippen LogP contribution in [0.15, 0.2) is 0 Å². The summed E-state index contributed by atoms with van der Waals surface area (Å²) in [5.41, 5.74) is -0.982. The molecule has 3 fully saturated rings. The van der Waals surface area contributed by atoms with E-state index in [0.717, 1.165) is 6.42 Å². The lowest BCUT2D eigenvalue weighted by Crippen LogP contribution is -2.72. The van der Waals surface area contributed by atoms with Crippen LogP contribution in [0, 0.1) is 16.2 Å². The molecule has 3 atom stereocenters. The number of halogens is 3. The van der Waals surface area contributed by atoms with Crippen molar-refractivity contribution in [1.29, 1.82) is 0 Å². The van der Waals surface area contributed by atoms with Gasteiger partial charge in [-0.25, -0.2) is 0 Å². The van der Waals surface area contributed by atoms with Gasteiger partial charge in [-0.15, -0.1) is 0 Å². The van der Waals surface area contributed by atoms with Gasteiger partial charge in [-0.2, -0.15) is 0 Å². The van der Waals surface area contributed by atoms with Gasteiger partial charge >= 0.3 is 0 Å². The van der Waals surface area contributed by atoms with Crippen molar-refractivity contribution >= 4 is 53.8 Å². The van der Waals surface area contributed by atoms with Crippen LogP contribution in [0.2, 0.25) is 0 Å². The zero-order valence-corrected chi connectivity index (χ0v) is 13.3. The van der Waals surface area contributed by atoms with Gasteiger partial charge in [-0.1, -0.05) is 61.6 Å². The quantitative estimate of drug-likeness (QED) is 0.664. The van der Waals surface area contributed by atoms with Gasteiger partial charge in [0.1, 0.15) is 0 Å². The second-order valence-electron chi connectivity index (χ2n) is 5.09. The van der Waals surface area contributed by atoms with Crippen LogP contribution in [0.3, 0.4) is 0 Å². The van der Waals surface area contributed by atoms with E-state index in [1.54, 1.807) is 0 Å². The van der Waals surface area contributed by atoms with Crippen LogP contribution in [0.5, 0.6) is 0 Å². The Morgan fingerprint density at radius 2 is 1.93 bits per heavy atom. The normalized spacial score (nSPS) is 46.7. The number of carboxylic acids is 1. The second-order valence-corrected chi connectivity index (χ2v) is 9.06. The number of hydrogen-bond acceptors (Lipinski definition) is 2. The Morgan fingerprint density at radius 3 is 2.13 bits per heavy atom. The van der Waals surface area contributed by atoms with Gasteiger partial charge < -0.3 is 9.90 Å². The van der Waals surface area contributed by atoms with E-state index >= 15 is 0 Å². The molecule has 5 heteroatoms. The first-order chi connectivity index (χ1) is 6.75. The average Bonchev–Trinajstić information content (AvgIpc) is 2.53. The molecule has 2 bridgehead atoms. The van der Waals surface area contributed by atoms with E-state index in [4.69, 9.17) is 0 Å². The van der Waals surface area contributed by atoms with Crippen LogP contribution in [-0.4, -0.2) is 14.5 Å². The Hall–Kier alpha value is 0.910. The third-order valence-corrected chi connectivity index (χ3v) is 8.08. The maximum atomic E-state index is 11.4. The van der Waals surface area contributed by atoms with E-state index < -0.39 is 11.4 Å². The van der Waals surface area contributed by atoms with E-state index in [1.165, 1.54) is 0 Å². The Bertz CT molecular complexity index is 329. The highest BCUT2D eigenvalue weighted by Gasteiger charge is 2.81. The minimum absolute atomic E-state index is 0.0127. The Morgan fingerprint density at radius 1 is 1.40 bits per heavy atom. The predicted molar refractivity (Wildman–Crippen MR) is 67.2 cm³/mol. The largest absolute Gasteiger partial charge is 0.549 e. The van der Waals surface area contributed by atoms with Gasteiger partial charge in [0, 0.05) is 21.6 Å². The summed E-state index contributed by atoms with van der Waals surface area (Å²) in [6, 6.07) is 0. The van der Waals surface area contributed by atoms with Crippen molar-refractivity contribution in [2.75, 3.05) is 0 Å². The van der Waals surface area contributed by atoms with Gasteiger partial charge in [0.05, 0.1) is 3.74 Å². The minimum Gasteiger partial charge on any atom is -0.549 e. The first-order valence-electron chi connectivity index (χ1n) is 4.89. The van der Waals surface area contributed by atoms with Gasteiger partial charge in [0.25, 0.3) is 0 Å². The smallest absolute Gasteiger partial charge is 0.0770 e. The standard InChI is InChI=1S/C10H13Br3O2/c1-8(2)9(6(12)13)3-4-10(8,5(9)11)7(14)15/h5-6H,3-4H2,1-2H3,(H,14,15)/p-1/t5-,9+,10-/m0/s1. The molecule has 3 aliphatic carbocycles. The Labute approximate surface area is 115 Å². The summed E-state index contributed by atoms with van der Waals surface area (Å²) < 4.78 is 0.131. The molecule has 0 aromatic carbocycles. The summed E-state index contributed by atoms with van der Waals surface area (Å²) in [5, 5.41) is 11.4. The number of alkyl halides is 3. The molecule has 0 spiro atoms. The second kappa shape index (κ2) is 3.22. The lowest BCUT2D eigenvalue weighted by atomic mass is 9.43. The van der Waals surface area contributed by atoms with E-state index in [0.29, 0.717) is 6.42 Å². The van der Waals surface area contributed by atoms with E-state index in [-0.39, 0.29) is 19.4 Å². The lowest BCUT2D eigenvalue weighted by Gasteiger charge is -2.67. The van der Waals surface area contributed by atoms with Gasteiger partial charge in [0.15, 0.2) is 0 Å². The molecule has 0 unspecified atom stereocenters. The molecule has 0 aliphatic heterocycles. The number of hydrogen-bond donors (Lipinski definition) is 0. The van der Waals surface area contributed by atoms with Crippen molar-refractivity contribution in [2.45, 2.75) is 35.3 Å². The molecule has 3 aliphatic rings. The number of aliphatic carboxylic acids is 1. The summed E-state index contributed by atoms with van der Waals surface area (Å²) in [5.74, 6) is -0.914. The summed E-state index contributed by atoms with van der Waals surface area (Å²) in [6.45, 7) is 4.06. The number of carbonyl (C=O) groups excluding carboxylic acids is 1. The van der Waals surface area contributed by atoms with E-state index in [9.17, 15) is 9.90 Å². The summed E-state index contributed by atoms with van der Waals surface area (Å²) in [7, 11) is 0. The number of rotatable bonds is 2. The summed E-state index contributed by atoms with van der Waals surface area (Å²) >= 11 is 10.7. The van der Waals surface area contributed by atoms with Gasteiger partial charge in [-0.3, -0.25) is 0 Å². The summed E-state index contributed by atoms with van der Waals surface area (Å²) in [4.78, 5) is 11.4. The van der Waals surface area contributed by atoms with Gasteiger partial charge in [-0.05, 0) is 18.3 Å². The molecule has 3 rings (SSSR count). The van der Waals surface area contributed by atoms with Gasteiger partial charge in [0.2, 0.25) is 0 Å². The molecule has 3 saturated carbocycles. The number of carboxylic acid groups (broad SMARTS) is 1. The molecule has 0 aromatic rings.